The lowest BCUT2D eigenvalue weighted by molar-refractivity contribution is 0.391. The standard InChI is InChI=1S/C14H15ClN2O2/c1-18-12-6-4-10(13(8-12)19-2)3-5-11-7-14(15)17-9-16-11/h4,6-9H,3,5H2,1-2H3. The Labute approximate surface area is 117 Å². The van der Waals surface area contributed by atoms with Crippen LogP contribution in [0.25, 0.3) is 0 Å². The van der Waals surface area contributed by atoms with E-state index in [0.29, 0.717) is 5.15 Å². The van der Waals surface area contributed by atoms with Crippen LogP contribution in [-0.4, -0.2) is 24.2 Å². The largest absolute Gasteiger partial charge is 0.497 e. The van der Waals surface area contributed by atoms with Crippen molar-refractivity contribution in [3.8, 4) is 11.5 Å². The summed E-state index contributed by atoms with van der Waals surface area (Å²) in [5, 5.41) is 0.465. The third-order valence-electron chi connectivity index (χ3n) is 2.84. The normalized spacial score (nSPS) is 10.3. The number of aryl methyl sites for hydroxylation is 2. The van der Waals surface area contributed by atoms with Crippen LogP contribution in [0.3, 0.4) is 0 Å². The van der Waals surface area contributed by atoms with Gasteiger partial charge in [-0.25, -0.2) is 9.97 Å². The van der Waals surface area contributed by atoms with Gasteiger partial charge in [-0.2, -0.15) is 0 Å². The summed E-state index contributed by atoms with van der Waals surface area (Å²) in [7, 11) is 3.29. The molecule has 19 heavy (non-hydrogen) atoms. The SMILES string of the molecule is COc1ccc(CCc2cc(Cl)ncn2)c(OC)c1. The number of ether oxygens (including phenoxy) is 2. The molecule has 0 aliphatic rings. The van der Waals surface area contributed by atoms with Gasteiger partial charge in [-0.1, -0.05) is 17.7 Å². The lowest BCUT2D eigenvalue weighted by atomic mass is 10.1. The van der Waals surface area contributed by atoms with Crippen molar-refractivity contribution in [3.05, 3.63) is 47.0 Å². The quantitative estimate of drug-likeness (QED) is 0.789. The Morgan fingerprint density at radius 2 is 1.89 bits per heavy atom. The smallest absolute Gasteiger partial charge is 0.132 e. The Morgan fingerprint density at radius 3 is 2.58 bits per heavy atom. The van der Waals surface area contributed by atoms with Gasteiger partial charge < -0.3 is 9.47 Å². The molecule has 4 nitrogen and oxygen atoms in total. The van der Waals surface area contributed by atoms with Crippen molar-refractivity contribution in [2.75, 3.05) is 14.2 Å². The summed E-state index contributed by atoms with van der Waals surface area (Å²) in [6, 6.07) is 7.57. The molecule has 0 bridgehead atoms. The molecule has 0 amide bonds. The minimum atomic E-state index is 0.465. The summed E-state index contributed by atoms with van der Waals surface area (Å²) in [6.07, 6.45) is 3.08. The van der Waals surface area contributed by atoms with E-state index in [1.165, 1.54) is 6.33 Å². The van der Waals surface area contributed by atoms with Gasteiger partial charge in [0.2, 0.25) is 0 Å². The van der Waals surface area contributed by atoms with Gasteiger partial charge in [0.25, 0.3) is 0 Å². The summed E-state index contributed by atoms with van der Waals surface area (Å²) in [6.45, 7) is 0. The molecule has 0 saturated heterocycles. The highest BCUT2D eigenvalue weighted by Crippen LogP contribution is 2.25. The number of methoxy groups -OCH3 is 2. The van der Waals surface area contributed by atoms with Crippen LogP contribution >= 0.6 is 11.6 Å². The van der Waals surface area contributed by atoms with Gasteiger partial charge in [0.15, 0.2) is 0 Å². The molecule has 0 unspecified atom stereocenters. The van der Waals surface area contributed by atoms with Gasteiger partial charge in [-0.3, -0.25) is 0 Å². The minimum Gasteiger partial charge on any atom is -0.497 e. The molecule has 100 valence electrons. The van der Waals surface area contributed by atoms with E-state index in [2.05, 4.69) is 9.97 Å². The fourth-order valence-electron chi connectivity index (χ4n) is 1.83. The maximum Gasteiger partial charge on any atom is 0.132 e. The van der Waals surface area contributed by atoms with Crippen molar-refractivity contribution >= 4 is 11.6 Å². The number of nitrogens with zero attached hydrogens (tertiary/aromatic N) is 2. The topological polar surface area (TPSA) is 44.2 Å². The van der Waals surface area contributed by atoms with E-state index >= 15 is 0 Å². The first-order valence-corrected chi connectivity index (χ1v) is 6.28. The lowest BCUT2D eigenvalue weighted by Gasteiger charge is -2.10. The molecule has 0 atom stereocenters. The van der Waals surface area contributed by atoms with E-state index in [1.54, 1.807) is 20.3 Å². The average molecular weight is 279 g/mol. The summed E-state index contributed by atoms with van der Waals surface area (Å²) in [4.78, 5) is 8.05. The second kappa shape index (κ2) is 6.38. The molecule has 1 aromatic carbocycles. The number of rotatable bonds is 5. The van der Waals surface area contributed by atoms with Crippen molar-refractivity contribution in [2.45, 2.75) is 12.8 Å². The van der Waals surface area contributed by atoms with Crippen LogP contribution in [0, 0.1) is 0 Å². The van der Waals surface area contributed by atoms with Crippen molar-refractivity contribution in [1.82, 2.24) is 9.97 Å². The molecule has 0 aliphatic carbocycles. The molecular weight excluding hydrogens is 264 g/mol. The zero-order valence-electron chi connectivity index (χ0n) is 10.9. The van der Waals surface area contributed by atoms with E-state index in [-0.39, 0.29) is 0 Å². The number of hydrogen-bond donors (Lipinski definition) is 0. The third kappa shape index (κ3) is 3.58. The van der Waals surface area contributed by atoms with Gasteiger partial charge in [0, 0.05) is 11.8 Å². The number of hydrogen-bond acceptors (Lipinski definition) is 4. The van der Waals surface area contributed by atoms with Gasteiger partial charge in [0.1, 0.15) is 23.0 Å². The third-order valence-corrected chi connectivity index (χ3v) is 3.04. The Bertz CT molecular complexity index is 561. The van der Waals surface area contributed by atoms with Crippen molar-refractivity contribution in [1.29, 1.82) is 0 Å². The first kappa shape index (κ1) is 13.6. The van der Waals surface area contributed by atoms with Crippen molar-refractivity contribution in [3.63, 3.8) is 0 Å². The molecule has 1 heterocycles. The van der Waals surface area contributed by atoms with Crippen LogP contribution in [0.1, 0.15) is 11.3 Å². The van der Waals surface area contributed by atoms with Crippen molar-refractivity contribution in [2.24, 2.45) is 0 Å². The Kier molecular flexibility index (Phi) is 4.58. The fourth-order valence-corrected chi connectivity index (χ4v) is 2.00. The van der Waals surface area contributed by atoms with Gasteiger partial charge in [-0.15, -0.1) is 0 Å². The van der Waals surface area contributed by atoms with Gasteiger partial charge in [0.05, 0.1) is 14.2 Å². The Morgan fingerprint density at radius 1 is 1.05 bits per heavy atom. The molecular formula is C14H15ClN2O2. The van der Waals surface area contributed by atoms with E-state index in [0.717, 1.165) is 35.6 Å². The maximum absolute atomic E-state index is 5.83. The monoisotopic (exact) mass is 278 g/mol. The summed E-state index contributed by atoms with van der Waals surface area (Å²) >= 11 is 5.83. The number of halogens is 1. The molecule has 0 saturated carbocycles. The van der Waals surface area contributed by atoms with E-state index in [9.17, 15) is 0 Å². The van der Waals surface area contributed by atoms with E-state index < -0.39 is 0 Å². The molecule has 0 fully saturated rings. The van der Waals surface area contributed by atoms with Gasteiger partial charge in [-0.05, 0) is 30.5 Å². The number of aromatic nitrogens is 2. The molecule has 0 N–H and O–H groups in total. The van der Waals surface area contributed by atoms with Gasteiger partial charge >= 0.3 is 0 Å². The van der Waals surface area contributed by atoms with Crippen LogP contribution in [0.4, 0.5) is 0 Å². The fraction of sp³-hybridized carbons (Fsp3) is 0.286. The van der Waals surface area contributed by atoms with Crippen LogP contribution in [0.15, 0.2) is 30.6 Å². The molecule has 2 aromatic rings. The molecule has 1 aromatic heterocycles. The lowest BCUT2D eigenvalue weighted by Crippen LogP contribution is -1.98. The van der Waals surface area contributed by atoms with Crippen LogP contribution in [0.2, 0.25) is 5.15 Å². The second-order valence-electron chi connectivity index (χ2n) is 4.01. The summed E-state index contributed by atoms with van der Waals surface area (Å²) < 4.78 is 10.5. The molecule has 2 rings (SSSR count). The van der Waals surface area contributed by atoms with Crippen LogP contribution < -0.4 is 9.47 Å². The summed E-state index contributed by atoms with van der Waals surface area (Å²) in [5.74, 6) is 1.60. The van der Waals surface area contributed by atoms with E-state index in [4.69, 9.17) is 21.1 Å². The van der Waals surface area contributed by atoms with E-state index in [1.807, 2.05) is 18.2 Å². The van der Waals surface area contributed by atoms with Crippen LogP contribution in [0.5, 0.6) is 11.5 Å². The average Bonchev–Trinajstić information content (AvgIpc) is 2.45. The minimum absolute atomic E-state index is 0.465. The predicted molar refractivity (Wildman–Crippen MR) is 74.0 cm³/mol. The maximum atomic E-state index is 5.83. The van der Waals surface area contributed by atoms with Crippen molar-refractivity contribution < 1.29 is 9.47 Å². The number of benzene rings is 1. The first-order chi connectivity index (χ1) is 9.22. The zero-order chi connectivity index (χ0) is 13.7. The molecule has 0 aliphatic heterocycles. The highest BCUT2D eigenvalue weighted by Gasteiger charge is 2.06. The zero-order valence-corrected chi connectivity index (χ0v) is 11.6. The molecule has 5 heteroatoms. The Hall–Kier alpha value is -1.81. The Balaban J connectivity index is 2.11. The molecule has 0 radical (unpaired) electrons. The highest BCUT2D eigenvalue weighted by atomic mass is 35.5. The predicted octanol–water partition coefficient (Wildman–Crippen LogP) is 2.93. The summed E-state index contributed by atoms with van der Waals surface area (Å²) in [5.41, 5.74) is 2.02. The first-order valence-electron chi connectivity index (χ1n) is 5.90. The highest BCUT2D eigenvalue weighted by molar-refractivity contribution is 6.29. The van der Waals surface area contributed by atoms with Crippen LogP contribution in [-0.2, 0) is 12.8 Å². The molecule has 0 spiro atoms. The second-order valence-corrected chi connectivity index (χ2v) is 4.40.